The molecule has 3 heterocycles. The van der Waals surface area contributed by atoms with Crippen molar-refractivity contribution in [2.75, 3.05) is 20.3 Å². The monoisotopic (exact) mass is 315 g/mol. The van der Waals surface area contributed by atoms with Crippen LogP contribution in [0.3, 0.4) is 0 Å². The van der Waals surface area contributed by atoms with E-state index in [1.165, 1.54) is 4.90 Å². The molecule has 122 valence electrons. The fourth-order valence-electron chi connectivity index (χ4n) is 3.92. The molecule has 23 heavy (non-hydrogen) atoms. The zero-order valence-corrected chi connectivity index (χ0v) is 13.5. The molecule has 0 bridgehead atoms. The van der Waals surface area contributed by atoms with Crippen LogP contribution in [-0.4, -0.2) is 42.6 Å². The smallest absolute Gasteiger partial charge is 0.261 e. The lowest BCUT2D eigenvalue weighted by atomic mass is 9.74. The quantitative estimate of drug-likeness (QED) is 0.783. The van der Waals surface area contributed by atoms with Crippen molar-refractivity contribution >= 4 is 11.9 Å². The van der Waals surface area contributed by atoms with Gasteiger partial charge in [-0.15, -0.1) is 0 Å². The van der Waals surface area contributed by atoms with Crippen molar-refractivity contribution in [2.45, 2.75) is 37.3 Å². The molecule has 0 aliphatic carbocycles. The van der Waals surface area contributed by atoms with Crippen molar-refractivity contribution in [3.05, 3.63) is 29.3 Å². The summed E-state index contributed by atoms with van der Waals surface area (Å²) in [6, 6.07) is 5.91. The molecule has 2 spiro atoms. The van der Waals surface area contributed by atoms with E-state index in [-0.39, 0.29) is 11.9 Å². The molecule has 1 fully saturated rings. The van der Waals surface area contributed by atoms with Crippen LogP contribution >= 0.6 is 0 Å². The normalized spacial score (nSPS) is 32.9. The standard InChI is InChI=1S/C17H21N3O3/c1-11-4-5-13-12(8-11)17(14(21)20(2)15(18)19-17)9-16(23-13)6-3-7-22-10-16/h4-5,8H,3,6-7,9-10H2,1-2H3,(H2,18,19). The molecule has 3 aliphatic heterocycles. The number of carbonyl (C=O) groups excluding carboxylic acids is 1. The highest BCUT2D eigenvalue weighted by Crippen LogP contribution is 2.51. The zero-order chi connectivity index (χ0) is 16.2. The molecule has 0 saturated carbocycles. The molecule has 4 rings (SSSR count). The molecule has 6 heteroatoms. The summed E-state index contributed by atoms with van der Waals surface area (Å²) >= 11 is 0. The van der Waals surface area contributed by atoms with Gasteiger partial charge in [-0.2, -0.15) is 0 Å². The van der Waals surface area contributed by atoms with E-state index < -0.39 is 11.1 Å². The highest BCUT2D eigenvalue weighted by molar-refractivity contribution is 6.07. The van der Waals surface area contributed by atoms with E-state index in [4.69, 9.17) is 15.2 Å². The van der Waals surface area contributed by atoms with E-state index >= 15 is 0 Å². The number of hydrogen-bond acceptors (Lipinski definition) is 5. The van der Waals surface area contributed by atoms with Gasteiger partial charge in [-0.25, -0.2) is 4.99 Å². The number of aliphatic imine (C=N–C) groups is 1. The predicted molar refractivity (Wildman–Crippen MR) is 85.3 cm³/mol. The highest BCUT2D eigenvalue weighted by Gasteiger charge is 2.58. The number of benzene rings is 1. The Morgan fingerprint density at radius 1 is 1.39 bits per heavy atom. The number of nitrogens with zero attached hydrogens (tertiary/aromatic N) is 2. The van der Waals surface area contributed by atoms with Crippen LogP contribution < -0.4 is 10.5 Å². The Labute approximate surface area is 135 Å². The number of carbonyl (C=O) groups is 1. The number of nitrogens with two attached hydrogens (primary N) is 1. The number of aryl methyl sites for hydroxylation is 1. The summed E-state index contributed by atoms with van der Waals surface area (Å²) < 4.78 is 12.0. The van der Waals surface area contributed by atoms with Gasteiger partial charge in [-0.1, -0.05) is 11.6 Å². The first-order valence-electron chi connectivity index (χ1n) is 7.97. The molecular weight excluding hydrogens is 294 g/mol. The highest BCUT2D eigenvalue weighted by atomic mass is 16.5. The average molecular weight is 315 g/mol. The molecule has 1 amide bonds. The molecule has 0 aromatic heterocycles. The van der Waals surface area contributed by atoms with E-state index in [9.17, 15) is 4.79 Å². The molecule has 2 atom stereocenters. The maximum Gasteiger partial charge on any atom is 0.261 e. The van der Waals surface area contributed by atoms with E-state index in [1.807, 2.05) is 25.1 Å². The van der Waals surface area contributed by atoms with Gasteiger partial charge in [0.25, 0.3) is 5.91 Å². The molecule has 2 unspecified atom stereocenters. The minimum absolute atomic E-state index is 0.0879. The van der Waals surface area contributed by atoms with Crippen LogP contribution in [0.15, 0.2) is 23.2 Å². The van der Waals surface area contributed by atoms with Gasteiger partial charge in [0.2, 0.25) is 0 Å². The number of rotatable bonds is 0. The molecule has 3 aliphatic rings. The van der Waals surface area contributed by atoms with Gasteiger partial charge in [0.15, 0.2) is 11.5 Å². The summed E-state index contributed by atoms with van der Waals surface area (Å²) in [6.45, 7) is 3.21. The van der Waals surface area contributed by atoms with Crippen LogP contribution in [0.1, 0.15) is 30.4 Å². The Morgan fingerprint density at radius 2 is 2.22 bits per heavy atom. The largest absolute Gasteiger partial charge is 0.484 e. The minimum Gasteiger partial charge on any atom is -0.484 e. The van der Waals surface area contributed by atoms with E-state index in [2.05, 4.69) is 4.99 Å². The van der Waals surface area contributed by atoms with Crippen LogP contribution in [0.25, 0.3) is 0 Å². The average Bonchev–Trinajstić information content (AvgIpc) is 2.74. The topological polar surface area (TPSA) is 77.2 Å². The van der Waals surface area contributed by atoms with Crippen LogP contribution in [0.2, 0.25) is 0 Å². The number of ether oxygens (including phenoxy) is 2. The molecule has 1 saturated heterocycles. The first kappa shape index (κ1) is 14.5. The maximum absolute atomic E-state index is 13.0. The lowest BCUT2D eigenvalue weighted by Gasteiger charge is -2.46. The summed E-state index contributed by atoms with van der Waals surface area (Å²) in [5.74, 6) is 0.888. The second kappa shape index (κ2) is 4.71. The zero-order valence-electron chi connectivity index (χ0n) is 13.5. The van der Waals surface area contributed by atoms with Crippen LogP contribution in [0.4, 0.5) is 0 Å². The summed E-state index contributed by atoms with van der Waals surface area (Å²) in [5.41, 5.74) is 6.35. The first-order valence-corrected chi connectivity index (χ1v) is 7.97. The SMILES string of the molecule is Cc1ccc2c(c1)C1(CC3(CCCOC3)O2)N=C(N)N(C)C1=O. The van der Waals surface area contributed by atoms with Gasteiger partial charge in [0.05, 0.1) is 6.61 Å². The molecule has 6 nitrogen and oxygen atoms in total. The number of likely N-dealkylation sites (N-methyl/N-ethyl adjacent to an activating group) is 1. The molecule has 2 N–H and O–H groups in total. The fraction of sp³-hybridized carbons (Fsp3) is 0.529. The number of hydrogen-bond donors (Lipinski definition) is 1. The van der Waals surface area contributed by atoms with Crippen molar-refractivity contribution in [1.82, 2.24) is 4.90 Å². The Balaban J connectivity index is 1.91. The minimum atomic E-state index is -0.987. The van der Waals surface area contributed by atoms with Crippen molar-refractivity contribution in [3.63, 3.8) is 0 Å². The lowest BCUT2D eigenvalue weighted by Crippen LogP contribution is -2.55. The summed E-state index contributed by atoms with van der Waals surface area (Å²) in [4.78, 5) is 19.1. The summed E-state index contributed by atoms with van der Waals surface area (Å²) in [7, 11) is 1.67. The molecule has 0 radical (unpaired) electrons. The summed E-state index contributed by atoms with van der Waals surface area (Å²) in [6.07, 6.45) is 2.25. The Hall–Kier alpha value is -2.08. The van der Waals surface area contributed by atoms with Gasteiger partial charge in [0.1, 0.15) is 11.4 Å². The van der Waals surface area contributed by atoms with E-state index in [1.54, 1.807) is 7.05 Å². The van der Waals surface area contributed by atoms with Crippen molar-refractivity contribution in [2.24, 2.45) is 10.7 Å². The Kier molecular flexibility index (Phi) is 2.97. The predicted octanol–water partition coefficient (Wildman–Crippen LogP) is 1.31. The Morgan fingerprint density at radius 3 is 2.87 bits per heavy atom. The number of guanidine groups is 1. The van der Waals surface area contributed by atoms with E-state index in [0.29, 0.717) is 18.8 Å². The fourth-order valence-corrected chi connectivity index (χ4v) is 3.92. The third-order valence-corrected chi connectivity index (χ3v) is 5.08. The second-order valence-electron chi connectivity index (χ2n) is 6.81. The number of amides is 1. The van der Waals surface area contributed by atoms with Crippen molar-refractivity contribution < 1.29 is 14.3 Å². The van der Waals surface area contributed by atoms with Crippen LogP contribution in [0, 0.1) is 6.92 Å². The lowest BCUT2D eigenvalue weighted by molar-refractivity contribution is -0.139. The van der Waals surface area contributed by atoms with Gasteiger partial charge < -0.3 is 15.2 Å². The van der Waals surface area contributed by atoms with Gasteiger partial charge in [0, 0.05) is 25.6 Å². The molecular formula is C17H21N3O3. The van der Waals surface area contributed by atoms with Gasteiger partial charge in [-0.3, -0.25) is 9.69 Å². The van der Waals surface area contributed by atoms with Crippen LogP contribution in [-0.2, 0) is 15.1 Å². The Bertz CT molecular complexity index is 709. The summed E-state index contributed by atoms with van der Waals surface area (Å²) in [5, 5.41) is 0. The number of fused-ring (bicyclic) bond motifs is 2. The van der Waals surface area contributed by atoms with Gasteiger partial charge in [-0.05, 0) is 31.9 Å². The molecule has 1 aromatic rings. The second-order valence-corrected chi connectivity index (χ2v) is 6.81. The molecule has 1 aromatic carbocycles. The van der Waals surface area contributed by atoms with Crippen molar-refractivity contribution in [3.8, 4) is 5.75 Å². The first-order chi connectivity index (χ1) is 11.0. The maximum atomic E-state index is 13.0. The van der Waals surface area contributed by atoms with Crippen molar-refractivity contribution in [1.29, 1.82) is 0 Å². The third-order valence-electron chi connectivity index (χ3n) is 5.08. The van der Waals surface area contributed by atoms with Gasteiger partial charge >= 0.3 is 0 Å². The van der Waals surface area contributed by atoms with Crippen LogP contribution in [0.5, 0.6) is 5.75 Å². The third kappa shape index (κ3) is 1.97. The van der Waals surface area contributed by atoms with E-state index in [0.717, 1.165) is 30.6 Å².